The summed E-state index contributed by atoms with van der Waals surface area (Å²) >= 11 is 0. The van der Waals surface area contributed by atoms with Gasteiger partial charge in [0.2, 0.25) is 0 Å². The van der Waals surface area contributed by atoms with E-state index in [4.69, 9.17) is 4.74 Å². The van der Waals surface area contributed by atoms with Gasteiger partial charge >= 0.3 is 0 Å². The van der Waals surface area contributed by atoms with Gasteiger partial charge in [0.1, 0.15) is 5.75 Å². The third-order valence-electron chi connectivity index (χ3n) is 4.19. The molecule has 0 saturated heterocycles. The number of pyridine rings is 1. The van der Waals surface area contributed by atoms with E-state index in [2.05, 4.69) is 16.4 Å². The number of rotatable bonds is 6. The molecule has 3 aromatic rings. The highest BCUT2D eigenvalue weighted by molar-refractivity contribution is 5.71. The lowest BCUT2D eigenvalue weighted by atomic mass is 10.0. The smallest absolute Gasteiger partial charge is 0.119 e. The summed E-state index contributed by atoms with van der Waals surface area (Å²) in [5, 5.41) is 13.1. The summed E-state index contributed by atoms with van der Waals surface area (Å²) in [6, 6.07) is 19.7. The summed E-state index contributed by atoms with van der Waals surface area (Å²) in [4.78, 5) is 4.51. The van der Waals surface area contributed by atoms with E-state index in [9.17, 15) is 5.11 Å². The van der Waals surface area contributed by atoms with Crippen molar-refractivity contribution in [3.63, 3.8) is 0 Å². The molecule has 0 aliphatic rings. The fourth-order valence-electron chi connectivity index (χ4n) is 2.82. The molecule has 1 heterocycles. The van der Waals surface area contributed by atoms with Crippen LogP contribution in [0.5, 0.6) is 5.75 Å². The number of hydrogen-bond donors (Lipinski definition) is 2. The number of aliphatic hydroxyl groups is 1. The Labute approximate surface area is 148 Å². The zero-order chi connectivity index (χ0) is 17.6. The van der Waals surface area contributed by atoms with E-state index in [0.29, 0.717) is 0 Å². The van der Waals surface area contributed by atoms with Crippen LogP contribution in [-0.2, 0) is 0 Å². The maximum absolute atomic E-state index is 9.75. The molecule has 0 aliphatic heterocycles. The highest BCUT2D eigenvalue weighted by Crippen LogP contribution is 2.29. The molecule has 4 nitrogen and oxygen atoms in total. The number of nitrogens with zero attached hydrogens (tertiary/aromatic N) is 1. The molecular weight excluding hydrogens is 312 g/mol. The third-order valence-corrected chi connectivity index (χ3v) is 4.19. The predicted molar refractivity (Wildman–Crippen MR) is 101 cm³/mol. The molecule has 0 unspecified atom stereocenters. The minimum Gasteiger partial charge on any atom is -0.497 e. The molecule has 25 heavy (non-hydrogen) atoms. The van der Waals surface area contributed by atoms with Gasteiger partial charge in [-0.3, -0.25) is 4.98 Å². The van der Waals surface area contributed by atoms with Crippen LogP contribution in [0.15, 0.2) is 66.9 Å². The number of aromatic nitrogens is 1. The Morgan fingerprint density at radius 1 is 1.08 bits per heavy atom. The highest BCUT2D eigenvalue weighted by Gasteiger charge is 2.12. The first kappa shape index (κ1) is 17.0. The summed E-state index contributed by atoms with van der Waals surface area (Å²) in [6.45, 7) is 1.99. The van der Waals surface area contributed by atoms with Crippen LogP contribution in [0.25, 0.3) is 11.1 Å². The average Bonchev–Trinajstić information content (AvgIpc) is 2.68. The minimum atomic E-state index is -0.177. The number of benzene rings is 2. The average molecular weight is 334 g/mol. The van der Waals surface area contributed by atoms with E-state index >= 15 is 0 Å². The second kappa shape index (κ2) is 7.81. The van der Waals surface area contributed by atoms with E-state index < -0.39 is 0 Å². The van der Waals surface area contributed by atoms with Gasteiger partial charge in [-0.25, -0.2) is 0 Å². The van der Waals surface area contributed by atoms with Crippen molar-refractivity contribution in [2.75, 3.05) is 19.0 Å². The molecule has 0 saturated carbocycles. The van der Waals surface area contributed by atoms with Crippen LogP contribution in [0.3, 0.4) is 0 Å². The van der Waals surface area contributed by atoms with Crippen LogP contribution in [0.1, 0.15) is 17.3 Å². The number of ether oxygens (including phenoxy) is 1. The van der Waals surface area contributed by atoms with Crippen molar-refractivity contribution < 1.29 is 9.84 Å². The van der Waals surface area contributed by atoms with Crippen molar-refractivity contribution in [3.05, 3.63) is 78.1 Å². The largest absolute Gasteiger partial charge is 0.497 e. The van der Waals surface area contributed by atoms with E-state index in [1.807, 2.05) is 61.5 Å². The van der Waals surface area contributed by atoms with Crippen LogP contribution >= 0.6 is 0 Å². The lowest BCUT2D eigenvalue weighted by molar-refractivity contribution is 0.276. The summed E-state index contributed by atoms with van der Waals surface area (Å²) in [5.74, 6) is 0.813. The van der Waals surface area contributed by atoms with Gasteiger partial charge in [0.25, 0.3) is 0 Å². The summed E-state index contributed by atoms with van der Waals surface area (Å²) in [7, 11) is 1.66. The molecule has 0 aliphatic carbocycles. The minimum absolute atomic E-state index is 0.00633. The number of anilines is 1. The maximum Gasteiger partial charge on any atom is 0.119 e. The molecule has 0 spiro atoms. The monoisotopic (exact) mass is 334 g/mol. The first-order valence-corrected chi connectivity index (χ1v) is 8.24. The van der Waals surface area contributed by atoms with E-state index in [-0.39, 0.29) is 12.6 Å². The molecule has 3 rings (SSSR count). The first-order valence-electron chi connectivity index (χ1n) is 8.24. The van der Waals surface area contributed by atoms with Crippen molar-refractivity contribution >= 4 is 5.69 Å². The zero-order valence-electron chi connectivity index (χ0n) is 14.4. The van der Waals surface area contributed by atoms with Gasteiger partial charge in [-0.1, -0.05) is 42.5 Å². The van der Waals surface area contributed by atoms with E-state index in [0.717, 1.165) is 33.8 Å². The van der Waals surface area contributed by atoms with Gasteiger partial charge in [0.15, 0.2) is 0 Å². The van der Waals surface area contributed by atoms with Gasteiger partial charge in [-0.2, -0.15) is 0 Å². The molecule has 4 heteroatoms. The maximum atomic E-state index is 9.75. The van der Waals surface area contributed by atoms with Crippen LogP contribution in [-0.4, -0.2) is 23.8 Å². The van der Waals surface area contributed by atoms with Crippen molar-refractivity contribution in [3.8, 4) is 16.9 Å². The van der Waals surface area contributed by atoms with Gasteiger partial charge in [-0.05, 0) is 36.2 Å². The fourth-order valence-corrected chi connectivity index (χ4v) is 2.82. The number of hydrogen-bond acceptors (Lipinski definition) is 4. The molecule has 128 valence electrons. The quantitative estimate of drug-likeness (QED) is 0.709. The van der Waals surface area contributed by atoms with Crippen molar-refractivity contribution in [2.24, 2.45) is 0 Å². The van der Waals surface area contributed by atoms with E-state index in [1.165, 1.54) is 0 Å². The standard InChI is InChI=1S/C21H22N2O2/c1-15-20(17-9-6-10-19(11-17)25-2)12-18(13-22-15)23-21(14-24)16-7-4-3-5-8-16/h3-13,21,23-24H,14H2,1-2H3/t21-/m0/s1. The molecule has 0 radical (unpaired) electrons. The molecule has 1 atom stereocenters. The van der Waals surface area contributed by atoms with E-state index in [1.54, 1.807) is 13.3 Å². The molecule has 0 fully saturated rings. The number of aliphatic hydroxyl groups excluding tert-OH is 1. The second-order valence-corrected chi connectivity index (χ2v) is 5.88. The van der Waals surface area contributed by atoms with Crippen molar-refractivity contribution in [2.45, 2.75) is 13.0 Å². The fraction of sp³-hybridized carbons (Fsp3) is 0.190. The first-order chi connectivity index (χ1) is 12.2. The Balaban J connectivity index is 1.91. The van der Waals surface area contributed by atoms with Crippen LogP contribution in [0, 0.1) is 6.92 Å². The second-order valence-electron chi connectivity index (χ2n) is 5.88. The van der Waals surface area contributed by atoms with Crippen molar-refractivity contribution in [1.82, 2.24) is 4.98 Å². The molecule has 0 bridgehead atoms. The Morgan fingerprint density at radius 3 is 2.60 bits per heavy atom. The molecule has 2 aromatic carbocycles. The summed E-state index contributed by atoms with van der Waals surface area (Å²) in [5.41, 5.74) is 4.93. The van der Waals surface area contributed by atoms with Crippen LogP contribution < -0.4 is 10.1 Å². The van der Waals surface area contributed by atoms with Gasteiger partial charge in [-0.15, -0.1) is 0 Å². The Hall–Kier alpha value is -2.85. The summed E-state index contributed by atoms with van der Waals surface area (Å²) < 4.78 is 5.32. The number of nitrogens with one attached hydrogen (secondary N) is 1. The lowest BCUT2D eigenvalue weighted by Crippen LogP contribution is -2.15. The molecule has 0 amide bonds. The molecule has 1 aromatic heterocycles. The zero-order valence-corrected chi connectivity index (χ0v) is 14.4. The Bertz CT molecular complexity index is 834. The summed E-state index contributed by atoms with van der Waals surface area (Å²) in [6.07, 6.45) is 1.80. The molecule has 2 N–H and O–H groups in total. The molecular formula is C21H22N2O2. The number of methoxy groups -OCH3 is 1. The van der Waals surface area contributed by atoms with Crippen LogP contribution in [0.4, 0.5) is 5.69 Å². The third kappa shape index (κ3) is 3.98. The Kier molecular flexibility index (Phi) is 5.31. The SMILES string of the molecule is COc1cccc(-c2cc(N[C@@H](CO)c3ccccc3)cnc2C)c1. The van der Waals surface area contributed by atoms with Gasteiger partial charge < -0.3 is 15.2 Å². The Morgan fingerprint density at radius 2 is 1.88 bits per heavy atom. The normalized spacial score (nSPS) is 11.8. The van der Waals surface area contributed by atoms with Gasteiger partial charge in [0, 0.05) is 11.3 Å². The topological polar surface area (TPSA) is 54.4 Å². The highest BCUT2D eigenvalue weighted by atomic mass is 16.5. The van der Waals surface area contributed by atoms with Crippen LogP contribution in [0.2, 0.25) is 0 Å². The van der Waals surface area contributed by atoms with Gasteiger partial charge in [0.05, 0.1) is 31.6 Å². The van der Waals surface area contributed by atoms with Crippen molar-refractivity contribution in [1.29, 1.82) is 0 Å². The predicted octanol–water partition coefficient (Wildman–Crippen LogP) is 4.21. The number of aryl methyl sites for hydroxylation is 1. The lowest BCUT2D eigenvalue weighted by Gasteiger charge is -2.19.